The van der Waals surface area contributed by atoms with Crippen molar-refractivity contribution in [2.75, 3.05) is 6.61 Å². The second-order valence-corrected chi connectivity index (χ2v) is 11.4. The number of non-ortho nitro benzene ring substituents is 1. The van der Waals surface area contributed by atoms with Gasteiger partial charge in [-0.3, -0.25) is 14.9 Å². The van der Waals surface area contributed by atoms with Crippen molar-refractivity contribution >= 4 is 11.6 Å². The van der Waals surface area contributed by atoms with Gasteiger partial charge in [-0.2, -0.15) is 5.10 Å². The normalized spacial score (nSPS) is 27.2. The van der Waals surface area contributed by atoms with E-state index in [4.69, 9.17) is 5.10 Å². The molecule has 4 saturated carbocycles. The Kier molecular flexibility index (Phi) is 6.28. The summed E-state index contributed by atoms with van der Waals surface area (Å²) < 4.78 is 1.77. The molecule has 2 aromatic carbocycles. The maximum absolute atomic E-state index is 13.8. The molecule has 7 rings (SSSR count). The minimum Gasteiger partial charge on any atom is -0.394 e. The van der Waals surface area contributed by atoms with Gasteiger partial charge in [0.05, 0.1) is 34.5 Å². The van der Waals surface area contributed by atoms with Crippen molar-refractivity contribution < 1.29 is 19.9 Å². The number of nitro groups is 1. The molecule has 0 spiro atoms. The van der Waals surface area contributed by atoms with Crippen LogP contribution in [0.5, 0.6) is 0 Å². The standard InChI is InChI=1S/C29H32N4O5/c34-17-25(26(35)21-6-8-23(9-7-21)33(37)38)30-28(36)24-16-32(22-4-2-1-3-5-22)31-27(24)29-13-18-10-19(14-29)12-20(11-18)15-29/h1-9,16,18-20,25-26,34-35H,10-15,17H2,(H,30,36). The van der Waals surface area contributed by atoms with Crippen LogP contribution < -0.4 is 5.32 Å². The highest BCUT2D eigenvalue weighted by atomic mass is 16.6. The number of aliphatic hydroxyl groups is 2. The second kappa shape index (κ2) is 9.63. The Morgan fingerprint density at radius 3 is 2.21 bits per heavy atom. The third-order valence-corrected chi connectivity index (χ3v) is 8.86. The first-order chi connectivity index (χ1) is 18.3. The minimum atomic E-state index is -1.24. The van der Waals surface area contributed by atoms with Crippen LogP contribution >= 0.6 is 0 Å². The molecule has 0 saturated heterocycles. The summed E-state index contributed by atoms with van der Waals surface area (Å²) in [4.78, 5) is 24.2. The summed E-state index contributed by atoms with van der Waals surface area (Å²) in [6, 6.07) is 14.2. The summed E-state index contributed by atoms with van der Waals surface area (Å²) in [5.41, 5.74) is 2.30. The van der Waals surface area contributed by atoms with Gasteiger partial charge in [0.15, 0.2) is 0 Å². The molecule has 4 aliphatic carbocycles. The largest absolute Gasteiger partial charge is 0.394 e. The number of carbonyl (C=O) groups is 1. The molecule has 1 amide bonds. The van der Waals surface area contributed by atoms with Crippen molar-refractivity contribution in [3.05, 3.63) is 87.7 Å². The molecule has 198 valence electrons. The molecule has 3 N–H and O–H groups in total. The molecule has 3 aromatic rings. The number of para-hydroxylation sites is 1. The number of aliphatic hydroxyl groups excluding tert-OH is 2. The molecular weight excluding hydrogens is 484 g/mol. The van der Waals surface area contributed by atoms with Gasteiger partial charge in [-0.1, -0.05) is 18.2 Å². The van der Waals surface area contributed by atoms with Crippen molar-refractivity contribution in [3.63, 3.8) is 0 Å². The molecule has 9 nitrogen and oxygen atoms in total. The maximum atomic E-state index is 13.8. The molecule has 2 unspecified atom stereocenters. The average molecular weight is 517 g/mol. The molecular formula is C29H32N4O5. The lowest BCUT2D eigenvalue weighted by molar-refractivity contribution is -0.384. The van der Waals surface area contributed by atoms with Gasteiger partial charge in [-0.05, 0) is 86.1 Å². The van der Waals surface area contributed by atoms with Crippen LogP contribution in [-0.4, -0.2) is 43.5 Å². The number of rotatable bonds is 8. The van der Waals surface area contributed by atoms with Crippen molar-refractivity contribution in [1.82, 2.24) is 15.1 Å². The third-order valence-electron chi connectivity index (χ3n) is 8.86. The minimum absolute atomic E-state index is 0.0981. The van der Waals surface area contributed by atoms with Crippen LogP contribution in [-0.2, 0) is 5.41 Å². The Labute approximate surface area is 220 Å². The van der Waals surface area contributed by atoms with Gasteiger partial charge in [-0.15, -0.1) is 0 Å². The first-order valence-electron chi connectivity index (χ1n) is 13.3. The quantitative estimate of drug-likeness (QED) is 0.306. The molecule has 4 fully saturated rings. The van der Waals surface area contributed by atoms with E-state index < -0.39 is 29.6 Å². The third kappa shape index (κ3) is 4.39. The number of benzene rings is 2. The molecule has 2 atom stereocenters. The molecule has 38 heavy (non-hydrogen) atoms. The van der Waals surface area contributed by atoms with Gasteiger partial charge in [0.25, 0.3) is 11.6 Å². The molecule has 1 heterocycles. The van der Waals surface area contributed by atoms with Gasteiger partial charge in [0.1, 0.15) is 6.10 Å². The van der Waals surface area contributed by atoms with E-state index in [9.17, 15) is 25.1 Å². The fourth-order valence-corrected chi connectivity index (χ4v) is 7.54. The van der Waals surface area contributed by atoms with E-state index >= 15 is 0 Å². The molecule has 1 aromatic heterocycles. The van der Waals surface area contributed by atoms with E-state index in [-0.39, 0.29) is 11.1 Å². The van der Waals surface area contributed by atoms with Crippen LogP contribution in [0, 0.1) is 27.9 Å². The SMILES string of the molecule is O=C(NC(CO)C(O)c1ccc([N+](=O)[O-])cc1)c1cn(-c2ccccc2)nc1C12CC3CC(CC(C3)C1)C2. The topological polar surface area (TPSA) is 131 Å². The Morgan fingerprint density at radius 1 is 1.05 bits per heavy atom. The lowest BCUT2D eigenvalue weighted by Gasteiger charge is -2.56. The van der Waals surface area contributed by atoms with Gasteiger partial charge in [0.2, 0.25) is 0 Å². The zero-order chi connectivity index (χ0) is 26.4. The highest BCUT2D eigenvalue weighted by Crippen LogP contribution is 2.60. The zero-order valence-electron chi connectivity index (χ0n) is 21.1. The van der Waals surface area contributed by atoms with Crippen LogP contribution in [0.1, 0.15) is 66.2 Å². The zero-order valence-corrected chi connectivity index (χ0v) is 21.1. The van der Waals surface area contributed by atoms with Crippen molar-refractivity contribution in [3.8, 4) is 5.69 Å². The van der Waals surface area contributed by atoms with Crippen molar-refractivity contribution in [2.45, 2.75) is 56.1 Å². The number of nitrogens with one attached hydrogen (secondary N) is 1. The number of nitrogens with zero attached hydrogens (tertiary/aromatic N) is 3. The molecule has 9 heteroatoms. The van der Waals surface area contributed by atoms with Crippen LogP contribution in [0.4, 0.5) is 5.69 Å². The molecule has 4 aliphatic rings. The highest BCUT2D eigenvalue weighted by Gasteiger charge is 2.54. The van der Waals surface area contributed by atoms with Gasteiger partial charge >= 0.3 is 0 Å². The van der Waals surface area contributed by atoms with Gasteiger partial charge < -0.3 is 15.5 Å². The number of aromatic nitrogens is 2. The number of carbonyl (C=O) groups excluding carboxylic acids is 1. The number of hydrogen-bond donors (Lipinski definition) is 3. The van der Waals surface area contributed by atoms with Crippen LogP contribution in [0.25, 0.3) is 5.69 Å². The molecule has 4 bridgehead atoms. The summed E-state index contributed by atoms with van der Waals surface area (Å²) in [7, 11) is 0. The lowest BCUT2D eigenvalue weighted by atomic mass is 9.48. The van der Waals surface area contributed by atoms with E-state index in [1.54, 1.807) is 10.9 Å². The van der Waals surface area contributed by atoms with E-state index in [0.717, 1.165) is 30.6 Å². The fraction of sp³-hybridized carbons (Fsp3) is 0.448. The van der Waals surface area contributed by atoms with Crippen LogP contribution in [0.3, 0.4) is 0 Å². The Hall–Kier alpha value is -3.56. The maximum Gasteiger partial charge on any atom is 0.269 e. The summed E-state index contributed by atoms with van der Waals surface area (Å²) in [6.45, 7) is -0.497. The Morgan fingerprint density at radius 2 is 1.66 bits per heavy atom. The Bertz CT molecular complexity index is 1300. The molecule has 0 radical (unpaired) electrons. The van der Waals surface area contributed by atoms with E-state index in [1.807, 2.05) is 30.3 Å². The number of amides is 1. The number of nitro benzene ring substituents is 1. The highest BCUT2D eigenvalue weighted by molar-refractivity contribution is 5.96. The molecule has 0 aliphatic heterocycles. The number of hydrogen-bond acceptors (Lipinski definition) is 6. The average Bonchev–Trinajstić information content (AvgIpc) is 3.38. The Balaban J connectivity index is 1.32. The fourth-order valence-electron chi connectivity index (χ4n) is 7.54. The smallest absolute Gasteiger partial charge is 0.269 e. The summed E-state index contributed by atoms with van der Waals surface area (Å²) >= 11 is 0. The van der Waals surface area contributed by atoms with Gasteiger partial charge in [-0.25, -0.2) is 4.68 Å². The lowest BCUT2D eigenvalue weighted by Crippen LogP contribution is -2.50. The second-order valence-electron chi connectivity index (χ2n) is 11.4. The predicted octanol–water partition coefficient (Wildman–Crippen LogP) is 4.07. The summed E-state index contributed by atoms with van der Waals surface area (Å²) in [5, 5.41) is 39.8. The predicted molar refractivity (Wildman–Crippen MR) is 140 cm³/mol. The first kappa shape index (κ1) is 24.8. The van der Waals surface area contributed by atoms with E-state index in [2.05, 4.69) is 5.32 Å². The first-order valence-corrected chi connectivity index (χ1v) is 13.3. The summed E-state index contributed by atoms with van der Waals surface area (Å²) in [6.07, 6.45) is 7.47. The summed E-state index contributed by atoms with van der Waals surface area (Å²) in [5.74, 6) is 1.63. The van der Waals surface area contributed by atoms with Gasteiger partial charge in [0, 0.05) is 23.7 Å². The van der Waals surface area contributed by atoms with E-state index in [0.29, 0.717) is 28.9 Å². The van der Waals surface area contributed by atoms with Crippen LogP contribution in [0.2, 0.25) is 0 Å². The van der Waals surface area contributed by atoms with Crippen molar-refractivity contribution in [2.24, 2.45) is 17.8 Å². The van der Waals surface area contributed by atoms with E-state index in [1.165, 1.54) is 43.5 Å². The van der Waals surface area contributed by atoms with Crippen LogP contribution in [0.15, 0.2) is 60.8 Å². The van der Waals surface area contributed by atoms with Crippen molar-refractivity contribution in [1.29, 1.82) is 0 Å². The monoisotopic (exact) mass is 516 g/mol.